The van der Waals surface area contributed by atoms with E-state index in [0.717, 1.165) is 19.3 Å². The molecule has 1 aromatic carbocycles. The molecule has 110 valence electrons. The number of nitrogens with one attached hydrogen (secondary N) is 2. The number of hydrogen-bond donors (Lipinski definition) is 3. The molecule has 0 heterocycles. The number of sulfonamides is 1. The minimum Gasteiger partial charge on any atom is -0.329 e. The van der Waals surface area contributed by atoms with Crippen molar-refractivity contribution in [3.8, 4) is 0 Å². The van der Waals surface area contributed by atoms with Crippen LogP contribution in [0.4, 0.5) is 5.69 Å². The Kier molecular flexibility index (Phi) is 4.12. The molecule has 1 saturated carbocycles. The third-order valence-corrected chi connectivity index (χ3v) is 5.13. The Morgan fingerprint density at radius 2 is 1.90 bits per heavy atom. The minimum atomic E-state index is -3.58. The predicted octanol–water partition coefficient (Wildman–Crippen LogP) is 0.805. The monoisotopic (exact) mass is 297 g/mol. The SMILES string of the molecule is CC(=O)Nc1ccc(S(=O)(=O)NC2(CN)CCC2)cc1. The van der Waals surface area contributed by atoms with Crippen LogP contribution in [0.5, 0.6) is 0 Å². The number of hydrogen-bond acceptors (Lipinski definition) is 4. The summed E-state index contributed by atoms with van der Waals surface area (Å²) in [6.45, 7) is 1.70. The Labute approximate surface area is 118 Å². The van der Waals surface area contributed by atoms with Gasteiger partial charge in [0.2, 0.25) is 15.9 Å². The lowest BCUT2D eigenvalue weighted by Gasteiger charge is -2.41. The van der Waals surface area contributed by atoms with Crippen LogP contribution in [0.15, 0.2) is 29.2 Å². The quantitative estimate of drug-likeness (QED) is 0.748. The van der Waals surface area contributed by atoms with Gasteiger partial charge in [0.1, 0.15) is 0 Å². The number of anilines is 1. The zero-order valence-electron chi connectivity index (χ0n) is 11.3. The number of nitrogens with two attached hydrogens (primary N) is 1. The van der Waals surface area contributed by atoms with Crippen molar-refractivity contribution in [3.63, 3.8) is 0 Å². The highest BCUT2D eigenvalue weighted by Gasteiger charge is 2.39. The van der Waals surface area contributed by atoms with Gasteiger partial charge in [-0.3, -0.25) is 4.79 Å². The molecule has 0 spiro atoms. The Morgan fingerprint density at radius 3 is 2.30 bits per heavy atom. The van der Waals surface area contributed by atoms with Crippen molar-refractivity contribution in [1.29, 1.82) is 0 Å². The summed E-state index contributed by atoms with van der Waals surface area (Å²) in [7, 11) is -3.58. The molecule has 0 aliphatic heterocycles. The molecule has 0 bridgehead atoms. The van der Waals surface area contributed by atoms with Crippen molar-refractivity contribution >= 4 is 21.6 Å². The van der Waals surface area contributed by atoms with Gasteiger partial charge in [0.15, 0.2) is 0 Å². The van der Waals surface area contributed by atoms with Crippen LogP contribution < -0.4 is 15.8 Å². The molecule has 6 nitrogen and oxygen atoms in total. The molecule has 4 N–H and O–H groups in total. The van der Waals surface area contributed by atoms with Gasteiger partial charge in [-0.15, -0.1) is 0 Å². The zero-order chi connectivity index (χ0) is 14.8. The van der Waals surface area contributed by atoms with Gasteiger partial charge in [-0.05, 0) is 43.5 Å². The minimum absolute atomic E-state index is 0.173. The van der Waals surface area contributed by atoms with Gasteiger partial charge >= 0.3 is 0 Å². The molecule has 2 rings (SSSR count). The van der Waals surface area contributed by atoms with Gasteiger partial charge in [0.05, 0.1) is 4.90 Å². The number of amides is 1. The summed E-state index contributed by atoms with van der Waals surface area (Å²) in [6.07, 6.45) is 2.53. The standard InChI is InChI=1S/C13H19N3O3S/c1-10(17)15-11-3-5-12(6-4-11)20(18,19)16-13(9-14)7-2-8-13/h3-6,16H,2,7-9,14H2,1H3,(H,15,17). The highest BCUT2D eigenvalue weighted by atomic mass is 32.2. The fourth-order valence-corrected chi connectivity index (χ4v) is 3.69. The lowest BCUT2D eigenvalue weighted by molar-refractivity contribution is -0.114. The average molecular weight is 297 g/mol. The maximum atomic E-state index is 12.3. The van der Waals surface area contributed by atoms with E-state index in [1.54, 1.807) is 12.1 Å². The van der Waals surface area contributed by atoms with E-state index in [1.165, 1.54) is 19.1 Å². The summed E-state index contributed by atoms with van der Waals surface area (Å²) in [5.74, 6) is -0.199. The molecule has 0 radical (unpaired) electrons. The highest BCUT2D eigenvalue weighted by Crippen LogP contribution is 2.32. The topological polar surface area (TPSA) is 101 Å². The number of carbonyl (C=O) groups is 1. The van der Waals surface area contributed by atoms with E-state index in [9.17, 15) is 13.2 Å². The number of carbonyl (C=O) groups excluding carboxylic acids is 1. The van der Waals surface area contributed by atoms with Crippen LogP contribution in [0.25, 0.3) is 0 Å². The normalized spacial score (nSPS) is 17.3. The maximum Gasteiger partial charge on any atom is 0.241 e. The summed E-state index contributed by atoms with van der Waals surface area (Å²) < 4.78 is 27.3. The third kappa shape index (κ3) is 3.17. The van der Waals surface area contributed by atoms with Crippen molar-refractivity contribution in [1.82, 2.24) is 4.72 Å². The van der Waals surface area contributed by atoms with Crippen LogP contribution in [-0.2, 0) is 14.8 Å². The number of benzene rings is 1. The summed E-state index contributed by atoms with van der Waals surface area (Å²) in [5.41, 5.74) is 5.73. The first kappa shape index (κ1) is 15.0. The van der Waals surface area contributed by atoms with Gasteiger partial charge in [-0.2, -0.15) is 0 Å². The highest BCUT2D eigenvalue weighted by molar-refractivity contribution is 7.89. The molecular weight excluding hydrogens is 278 g/mol. The van der Waals surface area contributed by atoms with Gasteiger partial charge in [-0.25, -0.2) is 13.1 Å². The van der Waals surface area contributed by atoms with Crippen LogP contribution in [-0.4, -0.2) is 26.4 Å². The van der Waals surface area contributed by atoms with Crippen molar-refractivity contribution in [2.75, 3.05) is 11.9 Å². The van der Waals surface area contributed by atoms with Crippen LogP contribution in [0, 0.1) is 0 Å². The smallest absolute Gasteiger partial charge is 0.241 e. The summed E-state index contributed by atoms with van der Waals surface area (Å²) in [4.78, 5) is 11.1. The first-order chi connectivity index (χ1) is 9.37. The summed E-state index contributed by atoms with van der Waals surface area (Å²) in [6, 6.07) is 6.06. The van der Waals surface area contributed by atoms with E-state index < -0.39 is 15.6 Å². The lowest BCUT2D eigenvalue weighted by Crippen LogP contribution is -2.58. The van der Waals surface area contributed by atoms with Gasteiger partial charge in [0.25, 0.3) is 0 Å². The first-order valence-corrected chi connectivity index (χ1v) is 7.97. The average Bonchev–Trinajstić information content (AvgIpc) is 2.34. The fourth-order valence-electron chi connectivity index (χ4n) is 2.22. The zero-order valence-corrected chi connectivity index (χ0v) is 12.2. The molecule has 1 fully saturated rings. The molecule has 7 heteroatoms. The molecule has 1 aliphatic rings. The van der Waals surface area contributed by atoms with E-state index in [0.29, 0.717) is 12.2 Å². The molecule has 1 aliphatic carbocycles. The Balaban J connectivity index is 2.15. The second kappa shape index (κ2) is 5.51. The Morgan fingerprint density at radius 1 is 1.30 bits per heavy atom. The maximum absolute atomic E-state index is 12.3. The molecule has 20 heavy (non-hydrogen) atoms. The van der Waals surface area contributed by atoms with Crippen LogP contribution in [0.1, 0.15) is 26.2 Å². The molecule has 1 amide bonds. The molecule has 0 saturated heterocycles. The van der Waals surface area contributed by atoms with E-state index in [1.807, 2.05) is 0 Å². The van der Waals surface area contributed by atoms with E-state index in [-0.39, 0.29) is 10.8 Å². The lowest BCUT2D eigenvalue weighted by atomic mass is 9.78. The van der Waals surface area contributed by atoms with Crippen LogP contribution >= 0.6 is 0 Å². The van der Waals surface area contributed by atoms with E-state index >= 15 is 0 Å². The molecule has 0 aromatic heterocycles. The van der Waals surface area contributed by atoms with Gasteiger partial charge in [-0.1, -0.05) is 0 Å². The number of rotatable bonds is 5. The predicted molar refractivity (Wildman–Crippen MR) is 76.7 cm³/mol. The second-order valence-corrected chi connectivity index (χ2v) is 6.83. The fraction of sp³-hybridized carbons (Fsp3) is 0.462. The Hall–Kier alpha value is -1.44. The third-order valence-electron chi connectivity index (χ3n) is 3.54. The van der Waals surface area contributed by atoms with Gasteiger partial charge in [0, 0.05) is 24.7 Å². The van der Waals surface area contributed by atoms with Crippen molar-refractivity contribution in [3.05, 3.63) is 24.3 Å². The summed E-state index contributed by atoms with van der Waals surface area (Å²) in [5, 5.41) is 2.59. The van der Waals surface area contributed by atoms with E-state index in [4.69, 9.17) is 5.73 Å². The van der Waals surface area contributed by atoms with E-state index in [2.05, 4.69) is 10.0 Å². The van der Waals surface area contributed by atoms with Crippen LogP contribution in [0.2, 0.25) is 0 Å². The molecular formula is C13H19N3O3S. The first-order valence-electron chi connectivity index (χ1n) is 6.49. The Bertz CT molecular complexity index is 586. The molecule has 1 aromatic rings. The summed E-state index contributed by atoms with van der Waals surface area (Å²) >= 11 is 0. The van der Waals surface area contributed by atoms with Crippen molar-refractivity contribution in [2.45, 2.75) is 36.6 Å². The van der Waals surface area contributed by atoms with Crippen molar-refractivity contribution < 1.29 is 13.2 Å². The second-order valence-electron chi connectivity index (χ2n) is 5.15. The largest absolute Gasteiger partial charge is 0.329 e. The van der Waals surface area contributed by atoms with Gasteiger partial charge < -0.3 is 11.1 Å². The van der Waals surface area contributed by atoms with Crippen LogP contribution in [0.3, 0.4) is 0 Å². The molecule has 0 unspecified atom stereocenters. The molecule has 0 atom stereocenters. The van der Waals surface area contributed by atoms with Crippen molar-refractivity contribution in [2.24, 2.45) is 5.73 Å².